The summed E-state index contributed by atoms with van der Waals surface area (Å²) in [5.74, 6) is -0.192. The zero-order chi connectivity index (χ0) is 16.5. The van der Waals surface area contributed by atoms with Gasteiger partial charge in [-0.2, -0.15) is 17.8 Å². The molecule has 9 heteroatoms. The molecular weight excluding hydrogens is 308 g/mol. The zero-order valence-corrected chi connectivity index (χ0v) is 13.3. The van der Waals surface area contributed by atoms with Crippen LogP contribution in [0.1, 0.15) is 12.5 Å². The van der Waals surface area contributed by atoms with Gasteiger partial charge in [-0.25, -0.2) is 0 Å². The van der Waals surface area contributed by atoms with Crippen LogP contribution in [0.4, 0.5) is 5.69 Å². The number of aromatic hydroxyl groups is 2. The van der Waals surface area contributed by atoms with Crippen molar-refractivity contribution >= 4 is 15.9 Å². The first kappa shape index (κ1) is 16.1. The fourth-order valence-electron chi connectivity index (χ4n) is 1.90. The third-order valence-corrected chi connectivity index (χ3v) is 4.65. The van der Waals surface area contributed by atoms with E-state index in [9.17, 15) is 18.6 Å². The van der Waals surface area contributed by atoms with Gasteiger partial charge in [0.15, 0.2) is 0 Å². The van der Waals surface area contributed by atoms with E-state index in [2.05, 4.69) is 14.9 Å². The first-order valence-electron chi connectivity index (χ1n) is 6.55. The van der Waals surface area contributed by atoms with E-state index in [4.69, 9.17) is 0 Å². The Hall–Kier alpha value is -2.26. The molecule has 0 atom stereocenters. The van der Waals surface area contributed by atoms with Crippen molar-refractivity contribution in [1.29, 1.82) is 0 Å². The SMILES string of the molecule is CCc1cc(-c2[nH]ncc2NS(=O)(=O)N(C)C)c(O)cc1O. The van der Waals surface area contributed by atoms with E-state index in [-0.39, 0.29) is 17.2 Å². The first-order valence-corrected chi connectivity index (χ1v) is 7.99. The Bertz CT molecular complexity index is 783. The van der Waals surface area contributed by atoms with E-state index in [0.717, 1.165) is 4.31 Å². The molecule has 1 heterocycles. The quantitative estimate of drug-likeness (QED) is 0.660. The summed E-state index contributed by atoms with van der Waals surface area (Å²) >= 11 is 0. The molecule has 4 N–H and O–H groups in total. The predicted molar refractivity (Wildman–Crippen MR) is 83.0 cm³/mol. The second kappa shape index (κ2) is 5.85. The van der Waals surface area contributed by atoms with Gasteiger partial charge in [0.2, 0.25) is 0 Å². The Morgan fingerprint density at radius 3 is 2.55 bits per heavy atom. The molecule has 0 aliphatic heterocycles. The number of aromatic nitrogens is 2. The van der Waals surface area contributed by atoms with Crippen LogP contribution in [0.2, 0.25) is 0 Å². The number of nitrogens with one attached hydrogen (secondary N) is 2. The lowest BCUT2D eigenvalue weighted by Crippen LogP contribution is -2.28. The number of benzene rings is 1. The minimum atomic E-state index is -3.70. The van der Waals surface area contributed by atoms with Crippen LogP contribution in [0.3, 0.4) is 0 Å². The van der Waals surface area contributed by atoms with Gasteiger partial charge < -0.3 is 10.2 Å². The average molecular weight is 326 g/mol. The highest BCUT2D eigenvalue weighted by Crippen LogP contribution is 2.37. The molecule has 0 radical (unpaired) electrons. The maximum Gasteiger partial charge on any atom is 0.301 e. The number of aromatic amines is 1. The van der Waals surface area contributed by atoms with Crippen LogP contribution in [-0.2, 0) is 16.6 Å². The topological polar surface area (TPSA) is 119 Å². The van der Waals surface area contributed by atoms with Gasteiger partial charge in [-0.05, 0) is 18.1 Å². The van der Waals surface area contributed by atoms with Crippen LogP contribution >= 0.6 is 0 Å². The van der Waals surface area contributed by atoms with Crippen LogP contribution in [-0.4, -0.2) is 47.2 Å². The minimum absolute atomic E-state index is 0.0151. The molecular formula is C13H18N4O4S. The van der Waals surface area contributed by atoms with Crippen LogP contribution in [0.5, 0.6) is 11.5 Å². The molecule has 1 aromatic carbocycles. The number of hydrogen-bond acceptors (Lipinski definition) is 5. The molecule has 0 aliphatic rings. The number of phenols is 2. The van der Waals surface area contributed by atoms with E-state index >= 15 is 0 Å². The lowest BCUT2D eigenvalue weighted by Gasteiger charge is -2.14. The number of nitrogens with zero attached hydrogens (tertiary/aromatic N) is 2. The van der Waals surface area contributed by atoms with Crippen molar-refractivity contribution in [2.24, 2.45) is 0 Å². The highest BCUT2D eigenvalue weighted by atomic mass is 32.2. The summed E-state index contributed by atoms with van der Waals surface area (Å²) in [7, 11) is -0.900. The van der Waals surface area contributed by atoms with E-state index in [1.165, 1.54) is 26.4 Å². The van der Waals surface area contributed by atoms with Crippen LogP contribution in [0, 0.1) is 0 Å². The van der Waals surface area contributed by atoms with E-state index in [1.807, 2.05) is 6.92 Å². The summed E-state index contributed by atoms with van der Waals surface area (Å²) in [5, 5.41) is 26.2. The summed E-state index contributed by atoms with van der Waals surface area (Å²) in [6.45, 7) is 1.86. The molecule has 0 spiro atoms. The molecule has 0 bridgehead atoms. The Balaban J connectivity index is 2.50. The molecule has 0 saturated heterocycles. The highest BCUT2D eigenvalue weighted by molar-refractivity contribution is 7.90. The lowest BCUT2D eigenvalue weighted by molar-refractivity contribution is 0.447. The Morgan fingerprint density at radius 2 is 1.95 bits per heavy atom. The second-order valence-corrected chi connectivity index (χ2v) is 6.78. The van der Waals surface area contributed by atoms with Gasteiger partial charge in [-0.1, -0.05) is 6.92 Å². The molecule has 1 aromatic heterocycles. The van der Waals surface area contributed by atoms with E-state index in [0.29, 0.717) is 23.2 Å². The predicted octanol–water partition coefficient (Wildman–Crippen LogP) is 1.27. The average Bonchev–Trinajstić information content (AvgIpc) is 2.86. The second-order valence-electron chi connectivity index (χ2n) is 4.90. The van der Waals surface area contributed by atoms with Crippen molar-refractivity contribution in [3.8, 4) is 22.8 Å². The van der Waals surface area contributed by atoms with Crippen LogP contribution in [0.15, 0.2) is 18.3 Å². The van der Waals surface area contributed by atoms with Crippen molar-refractivity contribution in [1.82, 2.24) is 14.5 Å². The molecule has 22 heavy (non-hydrogen) atoms. The van der Waals surface area contributed by atoms with Gasteiger partial charge in [0.1, 0.15) is 11.5 Å². The van der Waals surface area contributed by atoms with Crippen molar-refractivity contribution in [3.63, 3.8) is 0 Å². The highest BCUT2D eigenvalue weighted by Gasteiger charge is 2.20. The van der Waals surface area contributed by atoms with Crippen LogP contribution in [0.25, 0.3) is 11.3 Å². The molecule has 120 valence electrons. The fourth-order valence-corrected chi connectivity index (χ4v) is 2.52. The van der Waals surface area contributed by atoms with Crippen molar-refractivity contribution in [2.45, 2.75) is 13.3 Å². The molecule has 0 saturated carbocycles. The number of H-pyrrole nitrogens is 1. The standard InChI is InChI=1S/C13H18N4O4S/c1-4-8-5-9(12(19)6-11(8)18)13-10(7-14-15-13)16-22(20,21)17(2)3/h5-7,16,18-19H,4H2,1-3H3,(H,14,15). The van der Waals surface area contributed by atoms with Gasteiger partial charge in [0.25, 0.3) is 0 Å². The maximum atomic E-state index is 11.9. The number of anilines is 1. The zero-order valence-electron chi connectivity index (χ0n) is 12.5. The Kier molecular flexibility index (Phi) is 4.29. The van der Waals surface area contributed by atoms with E-state index < -0.39 is 10.2 Å². The third kappa shape index (κ3) is 3.00. The number of hydrogen-bond donors (Lipinski definition) is 4. The Morgan fingerprint density at radius 1 is 1.27 bits per heavy atom. The minimum Gasteiger partial charge on any atom is -0.508 e. The van der Waals surface area contributed by atoms with Gasteiger partial charge in [0.05, 0.1) is 17.6 Å². The summed E-state index contributed by atoms with van der Waals surface area (Å²) in [5.41, 5.74) is 1.50. The third-order valence-electron chi connectivity index (χ3n) is 3.21. The van der Waals surface area contributed by atoms with Crippen LogP contribution < -0.4 is 4.72 Å². The van der Waals surface area contributed by atoms with Gasteiger partial charge >= 0.3 is 10.2 Å². The summed E-state index contributed by atoms with van der Waals surface area (Å²) in [6.07, 6.45) is 1.88. The molecule has 8 nitrogen and oxygen atoms in total. The van der Waals surface area contributed by atoms with Crippen molar-refractivity contribution < 1.29 is 18.6 Å². The maximum absolute atomic E-state index is 11.9. The summed E-state index contributed by atoms with van der Waals surface area (Å²) < 4.78 is 27.2. The molecule has 0 fully saturated rings. The Labute approximate surface area is 128 Å². The number of aryl methyl sites for hydroxylation is 1. The molecule has 0 unspecified atom stereocenters. The normalized spacial score (nSPS) is 11.8. The van der Waals surface area contributed by atoms with Gasteiger partial charge in [0, 0.05) is 25.7 Å². The summed E-state index contributed by atoms with van der Waals surface area (Å²) in [4.78, 5) is 0. The first-order chi connectivity index (χ1) is 10.3. The van der Waals surface area contributed by atoms with Gasteiger partial charge in [-0.3, -0.25) is 9.82 Å². The fraction of sp³-hybridized carbons (Fsp3) is 0.308. The smallest absolute Gasteiger partial charge is 0.301 e. The molecule has 0 aliphatic carbocycles. The largest absolute Gasteiger partial charge is 0.508 e. The van der Waals surface area contributed by atoms with Crippen molar-refractivity contribution in [3.05, 3.63) is 23.9 Å². The monoisotopic (exact) mass is 326 g/mol. The van der Waals surface area contributed by atoms with Crippen molar-refractivity contribution in [2.75, 3.05) is 18.8 Å². The number of rotatable bonds is 5. The van der Waals surface area contributed by atoms with E-state index in [1.54, 1.807) is 6.07 Å². The lowest BCUT2D eigenvalue weighted by atomic mass is 10.0. The molecule has 0 amide bonds. The summed E-state index contributed by atoms with van der Waals surface area (Å²) in [6, 6.07) is 2.81. The van der Waals surface area contributed by atoms with Gasteiger partial charge in [-0.15, -0.1) is 0 Å². The molecule has 2 rings (SSSR count). The number of phenolic OH excluding ortho intramolecular Hbond substituents is 2. The molecule has 2 aromatic rings.